The highest BCUT2D eigenvalue weighted by molar-refractivity contribution is 9.10. The molecule has 1 rings (SSSR count). The number of ether oxygens (including phenoxy) is 1. The molecule has 0 fully saturated rings. The number of carbonyl (C=O) groups excluding carboxylic acids is 1. The maximum Gasteiger partial charge on any atom is 0.251 e. The van der Waals surface area contributed by atoms with E-state index < -0.39 is 0 Å². The van der Waals surface area contributed by atoms with Crippen LogP contribution in [0.4, 0.5) is 0 Å². The Bertz CT molecular complexity index is 332. The molecule has 0 heterocycles. The quantitative estimate of drug-likeness (QED) is 0.853. The monoisotopic (exact) mass is 271 g/mol. The van der Waals surface area contributed by atoms with Crippen molar-refractivity contribution in [1.29, 1.82) is 0 Å². The molecule has 0 aliphatic carbocycles. The fourth-order valence-electron chi connectivity index (χ4n) is 1.24. The topological polar surface area (TPSA) is 38.3 Å². The molecule has 0 radical (unpaired) electrons. The zero-order valence-electron chi connectivity index (χ0n) is 8.84. The first-order valence-electron chi connectivity index (χ1n) is 4.68. The maximum absolute atomic E-state index is 11.6. The maximum atomic E-state index is 11.6. The molecule has 1 N–H and O–H groups in total. The summed E-state index contributed by atoms with van der Waals surface area (Å²) in [6.45, 7) is 3.01. The molecule has 4 heteroatoms. The lowest BCUT2D eigenvalue weighted by molar-refractivity contribution is 0.0937. The third-order valence-corrected chi connectivity index (χ3v) is 2.35. The summed E-state index contributed by atoms with van der Waals surface area (Å²) >= 11 is 3.36. The first kappa shape index (κ1) is 12.2. The fraction of sp³-hybridized carbons (Fsp3) is 0.364. The van der Waals surface area contributed by atoms with E-state index in [1.54, 1.807) is 13.2 Å². The molecule has 0 aliphatic heterocycles. The molecular weight excluding hydrogens is 258 g/mol. The Labute approximate surface area is 97.9 Å². The van der Waals surface area contributed by atoms with Crippen LogP contribution in [0.5, 0.6) is 0 Å². The normalized spacial score (nSPS) is 10.1. The molecule has 0 aliphatic rings. The van der Waals surface area contributed by atoms with E-state index in [9.17, 15) is 4.79 Å². The highest BCUT2D eigenvalue weighted by atomic mass is 79.9. The van der Waals surface area contributed by atoms with Crippen LogP contribution >= 0.6 is 15.9 Å². The van der Waals surface area contributed by atoms with Gasteiger partial charge in [0.2, 0.25) is 0 Å². The Hall–Kier alpha value is -0.870. The molecule has 0 bridgehead atoms. The molecule has 0 spiro atoms. The van der Waals surface area contributed by atoms with E-state index >= 15 is 0 Å². The summed E-state index contributed by atoms with van der Waals surface area (Å²) in [6.07, 6.45) is 0. The summed E-state index contributed by atoms with van der Waals surface area (Å²) < 4.78 is 5.77. The number of halogens is 1. The summed E-state index contributed by atoms with van der Waals surface area (Å²) in [6, 6.07) is 5.62. The predicted molar refractivity (Wildman–Crippen MR) is 63.1 cm³/mol. The lowest BCUT2D eigenvalue weighted by Gasteiger charge is -2.05. The molecule has 1 aromatic rings. The van der Waals surface area contributed by atoms with Crippen molar-refractivity contribution in [1.82, 2.24) is 5.32 Å². The average Bonchev–Trinajstić information content (AvgIpc) is 2.16. The SMILES string of the molecule is COCCNC(=O)c1cc(C)cc(Br)c1. The zero-order chi connectivity index (χ0) is 11.3. The van der Waals surface area contributed by atoms with Gasteiger partial charge in [-0.1, -0.05) is 15.9 Å². The second kappa shape index (κ2) is 5.88. The fourth-order valence-corrected chi connectivity index (χ4v) is 1.84. The number of aryl methyl sites for hydroxylation is 1. The van der Waals surface area contributed by atoms with Crippen molar-refractivity contribution in [3.8, 4) is 0 Å². The molecule has 0 atom stereocenters. The van der Waals surface area contributed by atoms with Crippen molar-refractivity contribution in [2.75, 3.05) is 20.3 Å². The van der Waals surface area contributed by atoms with Gasteiger partial charge in [-0.3, -0.25) is 4.79 Å². The second-order valence-corrected chi connectivity index (χ2v) is 4.18. The molecule has 3 nitrogen and oxygen atoms in total. The van der Waals surface area contributed by atoms with Gasteiger partial charge in [0.15, 0.2) is 0 Å². The van der Waals surface area contributed by atoms with Gasteiger partial charge in [0.05, 0.1) is 6.61 Å². The van der Waals surface area contributed by atoms with E-state index in [-0.39, 0.29) is 5.91 Å². The van der Waals surface area contributed by atoms with Crippen molar-refractivity contribution in [2.24, 2.45) is 0 Å². The van der Waals surface area contributed by atoms with Gasteiger partial charge in [-0.05, 0) is 30.7 Å². The second-order valence-electron chi connectivity index (χ2n) is 3.27. The van der Waals surface area contributed by atoms with Gasteiger partial charge in [-0.15, -0.1) is 0 Å². The van der Waals surface area contributed by atoms with Crippen molar-refractivity contribution in [2.45, 2.75) is 6.92 Å². The van der Waals surface area contributed by atoms with Gasteiger partial charge in [-0.2, -0.15) is 0 Å². The molecule has 15 heavy (non-hydrogen) atoms. The van der Waals surface area contributed by atoms with Crippen LogP contribution in [0.15, 0.2) is 22.7 Å². The van der Waals surface area contributed by atoms with Gasteiger partial charge in [0.25, 0.3) is 5.91 Å². The molecule has 0 saturated heterocycles. The first-order valence-corrected chi connectivity index (χ1v) is 5.47. The minimum atomic E-state index is -0.0727. The average molecular weight is 272 g/mol. The highest BCUT2D eigenvalue weighted by Gasteiger charge is 2.05. The largest absolute Gasteiger partial charge is 0.383 e. The Morgan fingerprint density at radius 2 is 2.20 bits per heavy atom. The van der Waals surface area contributed by atoms with Crippen LogP contribution in [0, 0.1) is 6.92 Å². The third kappa shape index (κ3) is 4.01. The number of carbonyl (C=O) groups is 1. The van der Waals surface area contributed by atoms with Gasteiger partial charge >= 0.3 is 0 Å². The lowest BCUT2D eigenvalue weighted by Crippen LogP contribution is -2.26. The summed E-state index contributed by atoms with van der Waals surface area (Å²) in [5.41, 5.74) is 1.72. The number of hydrogen-bond acceptors (Lipinski definition) is 2. The minimum absolute atomic E-state index is 0.0727. The Morgan fingerprint density at radius 3 is 2.80 bits per heavy atom. The van der Waals surface area contributed by atoms with E-state index in [0.29, 0.717) is 18.7 Å². The van der Waals surface area contributed by atoms with Crippen molar-refractivity contribution in [3.63, 3.8) is 0 Å². The van der Waals surface area contributed by atoms with E-state index in [4.69, 9.17) is 4.74 Å². The molecule has 82 valence electrons. The number of rotatable bonds is 4. The third-order valence-electron chi connectivity index (χ3n) is 1.90. The first-order chi connectivity index (χ1) is 7.13. The molecular formula is C11H14BrNO2. The van der Waals surface area contributed by atoms with Crippen LogP contribution in [0.25, 0.3) is 0 Å². The molecule has 1 amide bonds. The standard InChI is InChI=1S/C11H14BrNO2/c1-8-5-9(7-10(12)6-8)11(14)13-3-4-15-2/h5-7H,3-4H2,1-2H3,(H,13,14). The van der Waals surface area contributed by atoms with Crippen molar-refractivity contribution in [3.05, 3.63) is 33.8 Å². The van der Waals surface area contributed by atoms with Gasteiger partial charge in [0, 0.05) is 23.7 Å². The summed E-state index contributed by atoms with van der Waals surface area (Å²) in [5.74, 6) is -0.0727. The molecule has 1 aromatic carbocycles. The van der Waals surface area contributed by atoms with E-state index in [1.165, 1.54) is 0 Å². The van der Waals surface area contributed by atoms with Gasteiger partial charge in [0.1, 0.15) is 0 Å². The van der Waals surface area contributed by atoms with Crippen LogP contribution in [-0.2, 0) is 4.74 Å². The number of hydrogen-bond donors (Lipinski definition) is 1. The molecule has 0 saturated carbocycles. The van der Waals surface area contributed by atoms with Gasteiger partial charge in [-0.25, -0.2) is 0 Å². The number of amides is 1. The van der Waals surface area contributed by atoms with E-state index in [1.807, 2.05) is 19.1 Å². The van der Waals surface area contributed by atoms with Crippen molar-refractivity contribution < 1.29 is 9.53 Å². The number of benzene rings is 1. The van der Waals surface area contributed by atoms with Crippen LogP contribution in [0.2, 0.25) is 0 Å². The summed E-state index contributed by atoms with van der Waals surface area (Å²) in [5, 5.41) is 2.77. The Balaban J connectivity index is 2.65. The predicted octanol–water partition coefficient (Wildman–Crippen LogP) is 2.13. The van der Waals surface area contributed by atoms with Crippen LogP contribution in [0.1, 0.15) is 15.9 Å². The van der Waals surface area contributed by atoms with Crippen molar-refractivity contribution >= 4 is 21.8 Å². The number of nitrogens with one attached hydrogen (secondary N) is 1. The Morgan fingerprint density at radius 1 is 1.47 bits per heavy atom. The lowest BCUT2D eigenvalue weighted by atomic mass is 10.1. The van der Waals surface area contributed by atoms with E-state index in [0.717, 1.165) is 10.0 Å². The Kier molecular flexibility index (Phi) is 4.78. The van der Waals surface area contributed by atoms with Gasteiger partial charge < -0.3 is 10.1 Å². The molecule has 0 aromatic heterocycles. The number of methoxy groups -OCH3 is 1. The van der Waals surface area contributed by atoms with E-state index in [2.05, 4.69) is 21.2 Å². The highest BCUT2D eigenvalue weighted by Crippen LogP contribution is 2.15. The smallest absolute Gasteiger partial charge is 0.251 e. The minimum Gasteiger partial charge on any atom is -0.383 e. The van der Waals surface area contributed by atoms with Crippen LogP contribution in [0.3, 0.4) is 0 Å². The van der Waals surface area contributed by atoms with Crippen LogP contribution < -0.4 is 5.32 Å². The van der Waals surface area contributed by atoms with Crippen LogP contribution in [-0.4, -0.2) is 26.2 Å². The molecule has 0 unspecified atom stereocenters. The summed E-state index contributed by atoms with van der Waals surface area (Å²) in [7, 11) is 1.61. The summed E-state index contributed by atoms with van der Waals surface area (Å²) in [4.78, 5) is 11.6. The zero-order valence-corrected chi connectivity index (χ0v) is 10.4.